The van der Waals surface area contributed by atoms with Gasteiger partial charge in [-0.1, -0.05) is 75.0 Å². The number of hydrazone groups is 1. The molecule has 0 atom stereocenters. The highest BCUT2D eigenvalue weighted by Crippen LogP contribution is 2.31. The van der Waals surface area contributed by atoms with E-state index in [9.17, 15) is 9.90 Å². The van der Waals surface area contributed by atoms with Crippen molar-refractivity contribution in [3.8, 4) is 28.6 Å². The number of phenols is 1. The zero-order valence-corrected chi connectivity index (χ0v) is 23.9. The number of para-hydroxylation sites is 1. The second-order valence-corrected chi connectivity index (χ2v) is 11.0. The molecule has 0 saturated carbocycles. The number of thioether (sulfide) groups is 1. The molecule has 0 aliphatic heterocycles. The molecule has 9 heteroatoms. The number of hydrogen-bond donors (Lipinski definition) is 2. The lowest BCUT2D eigenvalue weighted by atomic mass is 9.87. The maximum atomic E-state index is 12.6. The lowest BCUT2D eigenvalue weighted by molar-refractivity contribution is -0.118. The summed E-state index contributed by atoms with van der Waals surface area (Å²) in [6.07, 6.45) is 3.67. The number of nitrogens with zero attached hydrogens (tertiary/aromatic N) is 4. The molecule has 2 N–H and O–H groups in total. The molecule has 8 nitrogen and oxygen atoms in total. The minimum Gasteiger partial charge on any atom is -0.507 e. The summed E-state index contributed by atoms with van der Waals surface area (Å²) < 4.78 is 7.25. The molecule has 0 unspecified atom stereocenters. The van der Waals surface area contributed by atoms with E-state index < -0.39 is 0 Å². The summed E-state index contributed by atoms with van der Waals surface area (Å²) in [6, 6.07) is 21.2. The molecular weight excluding hydrogens is 522 g/mol. The Balaban J connectivity index is 1.53. The van der Waals surface area contributed by atoms with E-state index in [1.54, 1.807) is 19.3 Å². The van der Waals surface area contributed by atoms with Crippen LogP contribution in [0, 0.1) is 0 Å². The second-order valence-electron chi connectivity index (χ2n) is 10.1. The van der Waals surface area contributed by atoms with E-state index in [0.29, 0.717) is 23.0 Å². The van der Waals surface area contributed by atoms with Crippen molar-refractivity contribution in [3.63, 3.8) is 0 Å². The van der Waals surface area contributed by atoms with E-state index in [4.69, 9.17) is 4.74 Å². The van der Waals surface area contributed by atoms with Crippen LogP contribution in [0.1, 0.15) is 37.5 Å². The normalized spacial score (nSPS) is 11.5. The predicted molar refractivity (Wildman–Crippen MR) is 161 cm³/mol. The van der Waals surface area contributed by atoms with Gasteiger partial charge in [-0.05, 0) is 53.3 Å². The molecule has 0 radical (unpaired) electrons. The number of hydrogen-bond acceptors (Lipinski definition) is 7. The number of carbonyl (C=O) groups is 1. The van der Waals surface area contributed by atoms with Crippen molar-refractivity contribution in [1.82, 2.24) is 20.2 Å². The molecule has 0 spiro atoms. The maximum absolute atomic E-state index is 12.6. The Bertz CT molecular complexity index is 1500. The number of aromatic nitrogens is 3. The van der Waals surface area contributed by atoms with Gasteiger partial charge in [0.1, 0.15) is 11.5 Å². The molecule has 4 aromatic rings. The molecule has 0 saturated heterocycles. The summed E-state index contributed by atoms with van der Waals surface area (Å²) in [7, 11) is 1.62. The Hall–Kier alpha value is -4.37. The first kappa shape index (κ1) is 28.6. The summed E-state index contributed by atoms with van der Waals surface area (Å²) >= 11 is 1.25. The topological polar surface area (TPSA) is 102 Å². The van der Waals surface area contributed by atoms with Crippen LogP contribution in [0.4, 0.5) is 0 Å². The largest absolute Gasteiger partial charge is 0.507 e. The third-order valence-electron chi connectivity index (χ3n) is 6.21. The van der Waals surface area contributed by atoms with Crippen molar-refractivity contribution in [3.05, 3.63) is 96.1 Å². The summed E-state index contributed by atoms with van der Waals surface area (Å²) in [4.78, 5) is 12.6. The van der Waals surface area contributed by atoms with E-state index in [-0.39, 0.29) is 22.8 Å². The van der Waals surface area contributed by atoms with Crippen molar-refractivity contribution in [2.75, 3.05) is 12.9 Å². The number of ether oxygens (including phenoxy) is 1. The average Bonchev–Trinajstić information content (AvgIpc) is 3.37. The van der Waals surface area contributed by atoms with Gasteiger partial charge in [-0.3, -0.25) is 9.36 Å². The van der Waals surface area contributed by atoms with Gasteiger partial charge in [0.05, 0.1) is 19.1 Å². The van der Waals surface area contributed by atoms with Gasteiger partial charge in [-0.2, -0.15) is 5.10 Å². The van der Waals surface area contributed by atoms with Gasteiger partial charge >= 0.3 is 0 Å². The number of amides is 1. The van der Waals surface area contributed by atoms with Crippen molar-refractivity contribution in [1.29, 1.82) is 0 Å². The van der Waals surface area contributed by atoms with Crippen LogP contribution in [0.3, 0.4) is 0 Å². The zero-order valence-electron chi connectivity index (χ0n) is 23.1. The molecule has 0 aliphatic carbocycles. The van der Waals surface area contributed by atoms with Crippen LogP contribution < -0.4 is 10.2 Å². The van der Waals surface area contributed by atoms with Crippen LogP contribution in [0.5, 0.6) is 11.5 Å². The molecule has 0 bridgehead atoms. The van der Waals surface area contributed by atoms with E-state index in [1.807, 2.05) is 53.1 Å². The highest BCUT2D eigenvalue weighted by molar-refractivity contribution is 7.99. The van der Waals surface area contributed by atoms with Gasteiger partial charge in [0, 0.05) is 16.8 Å². The minimum absolute atomic E-state index is 0.0339. The van der Waals surface area contributed by atoms with Crippen LogP contribution in [0.25, 0.3) is 17.1 Å². The van der Waals surface area contributed by atoms with Gasteiger partial charge in [-0.25, -0.2) is 5.43 Å². The SMILES string of the molecule is C=CCc1cccc(/C=N/NC(=O)CSc2nnc(-c3ccc(C(C)(C)C)cc3)n2-c2ccc(OC)cc2)c1O. The first-order valence-electron chi connectivity index (χ1n) is 12.8. The number of methoxy groups -OCH3 is 1. The number of aromatic hydroxyl groups is 1. The number of carbonyl (C=O) groups excluding carboxylic acids is 1. The first-order chi connectivity index (χ1) is 19.2. The summed E-state index contributed by atoms with van der Waals surface area (Å²) in [5, 5.41) is 23.8. The molecule has 206 valence electrons. The van der Waals surface area contributed by atoms with Gasteiger partial charge in [0.2, 0.25) is 0 Å². The molecule has 4 rings (SSSR count). The molecule has 0 aliphatic rings. The fourth-order valence-corrected chi connectivity index (χ4v) is 4.75. The molecule has 1 amide bonds. The summed E-state index contributed by atoms with van der Waals surface area (Å²) in [6.45, 7) is 10.2. The van der Waals surface area contributed by atoms with Crippen LogP contribution in [-0.4, -0.2) is 44.9 Å². The molecule has 1 heterocycles. The number of allylic oxidation sites excluding steroid dienone is 1. The summed E-state index contributed by atoms with van der Waals surface area (Å²) in [5.74, 6) is 1.27. The first-order valence-corrected chi connectivity index (χ1v) is 13.8. The predicted octanol–water partition coefficient (Wildman–Crippen LogP) is 5.92. The van der Waals surface area contributed by atoms with E-state index in [2.05, 4.69) is 60.2 Å². The van der Waals surface area contributed by atoms with Gasteiger partial charge in [0.25, 0.3) is 5.91 Å². The lowest BCUT2D eigenvalue weighted by Crippen LogP contribution is -2.20. The van der Waals surface area contributed by atoms with Crippen LogP contribution in [0.15, 0.2) is 89.6 Å². The standard InChI is InChI=1S/C31H33N5O3S/c1-6-8-21-9-7-10-23(28(21)38)19-32-33-27(37)20-40-30-35-34-29(22-11-13-24(14-12-22)31(2,3)4)36(30)25-15-17-26(39-5)18-16-25/h6-7,9-19,38H,1,8,20H2,2-5H3,(H,33,37)/b32-19+. The Labute approximate surface area is 238 Å². The highest BCUT2D eigenvalue weighted by atomic mass is 32.2. The van der Waals surface area contributed by atoms with E-state index in [0.717, 1.165) is 22.6 Å². The number of phenolic OH excluding ortho intramolecular Hbond substituents is 1. The number of benzene rings is 3. The lowest BCUT2D eigenvalue weighted by Gasteiger charge is -2.19. The highest BCUT2D eigenvalue weighted by Gasteiger charge is 2.19. The molecule has 0 fully saturated rings. The third-order valence-corrected chi connectivity index (χ3v) is 7.14. The van der Waals surface area contributed by atoms with E-state index in [1.165, 1.54) is 23.5 Å². The Kier molecular flexibility index (Phi) is 9.06. The maximum Gasteiger partial charge on any atom is 0.250 e. The average molecular weight is 556 g/mol. The molecule has 1 aromatic heterocycles. The Morgan fingerprint density at radius 3 is 2.48 bits per heavy atom. The minimum atomic E-state index is -0.316. The van der Waals surface area contributed by atoms with Crippen molar-refractivity contribution >= 4 is 23.9 Å². The van der Waals surface area contributed by atoms with Crippen molar-refractivity contribution in [2.45, 2.75) is 37.8 Å². The fourth-order valence-electron chi connectivity index (χ4n) is 4.01. The molecular formula is C31H33N5O3S. The van der Waals surface area contributed by atoms with Gasteiger partial charge in [-0.15, -0.1) is 16.8 Å². The second kappa shape index (κ2) is 12.7. The van der Waals surface area contributed by atoms with E-state index >= 15 is 0 Å². The van der Waals surface area contributed by atoms with Crippen molar-refractivity contribution in [2.24, 2.45) is 5.10 Å². The quantitative estimate of drug-likeness (QED) is 0.109. The van der Waals surface area contributed by atoms with Gasteiger partial charge in [0.15, 0.2) is 11.0 Å². The molecule has 40 heavy (non-hydrogen) atoms. The van der Waals surface area contributed by atoms with Crippen LogP contribution in [-0.2, 0) is 16.6 Å². The third kappa shape index (κ3) is 6.79. The Morgan fingerprint density at radius 1 is 1.10 bits per heavy atom. The zero-order chi connectivity index (χ0) is 28.7. The van der Waals surface area contributed by atoms with Crippen LogP contribution in [0.2, 0.25) is 0 Å². The Morgan fingerprint density at radius 2 is 1.82 bits per heavy atom. The number of nitrogens with one attached hydrogen (secondary N) is 1. The molecule has 3 aromatic carbocycles. The van der Waals surface area contributed by atoms with Gasteiger partial charge < -0.3 is 9.84 Å². The van der Waals surface area contributed by atoms with Crippen molar-refractivity contribution < 1.29 is 14.6 Å². The van der Waals surface area contributed by atoms with Crippen LogP contribution >= 0.6 is 11.8 Å². The summed E-state index contributed by atoms with van der Waals surface area (Å²) in [5.41, 5.74) is 6.78. The monoisotopic (exact) mass is 555 g/mol. The fraction of sp³-hybridized carbons (Fsp3) is 0.226. The number of rotatable bonds is 10. The smallest absolute Gasteiger partial charge is 0.250 e.